The van der Waals surface area contributed by atoms with E-state index in [2.05, 4.69) is 22.7 Å². The SMILES string of the molecule is CCCCCCCCCCCCc1ccc(NC(=O)NC2=NN(c3c(Cl)cc(Cl)cc3OC)C(=O)C2)cc1. The average molecular weight is 562 g/mol. The quantitative estimate of drug-likeness (QED) is 0.228. The molecule has 2 aromatic carbocycles. The highest BCUT2D eigenvalue weighted by Gasteiger charge is 2.30. The van der Waals surface area contributed by atoms with Gasteiger partial charge in [0, 0.05) is 16.8 Å². The number of ether oxygens (including phenoxy) is 1. The Bertz CT molecular complexity index is 1110. The topological polar surface area (TPSA) is 83.0 Å². The Balaban J connectivity index is 1.41. The van der Waals surface area contributed by atoms with Crippen LogP contribution in [-0.2, 0) is 11.2 Å². The number of hydrazone groups is 1. The number of carbonyl (C=O) groups excluding carboxylic acids is 2. The van der Waals surface area contributed by atoms with Crippen molar-refractivity contribution in [3.05, 3.63) is 52.0 Å². The first-order chi connectivity index (χ1) is 18.4. The number of rotatable bonds is 14. The van der Waals surface area contributed by atoms with E-state index >= 15 is 0 Å². The van der Waals surface area contributed by atoms with Gasteiger partial charge in [0.15, 0.2) is 0 Å². The summed E-state index contributed by atoms with van der Waals surface area (Å²) >= 11 is 12.3. The lowest BCUT2D eigenvalue weighted by atomic mass is 10.0. The van der Waals surface area contributed by atoms with E-state index in [0.717, 1.165) is 11.4 Å². The van der Waals surface area contributed by atoms with E-state index in [4.69, 9.17) is 27.9 Å². The standard InChI is InChI=1S/C29H38Cl2N4O3/c1-3-4-5-6-7-8-9-10-11-12-13-21-14-16-23(17-15-21)32-29(37)33-26-20-27(36)35(34-26)28-24(31)18-22(30)19-25(28)38-2/h14-19H,3-13,20H2,1-2H3,(H2,32,33,34,37). The van der Waals surface area contributed by atoms with Crippen molar-refractivity contribution in [2.24, 2.45) is 5.10 Å². The molecule has 206 valence electrons. The lowest BCUT2D eigenvalue weighted by Gasteiger charge is -2.17. The van der Waals surface area contributed by atoms with E-state index in [-0.39, 0.29) is 28.9 Å². The predicted octanol–water partition coefficient (Wildman–Crippen LogP) is 8.34. The largest absolute Gasteiger partial charge is 0.494 e. The summed E-state index contributed by atoms with van der Waals surface area (Å²) in [5, 5.41) is 11.4. The number of hydrogen-bond acceptors (Lipinski definition) is 4. The van der Waals surface area contributed by atoms with Gasteiger partial charge in [-0.05, 0) is 36.6 Å². The zero-order chi connectivity index (χ0) is 27.3. The van der Waals surface area contributed by atoms with E-state index in [1.807, 2.05) is 24.3 Å². The van der Waals surface area contributed by atoms with Crippen molar-refractivity contribution in [3.8, 4) is 5.75 Å². The third-order valence-corrected chi connectivity index (χ3v) is 7.00. The smallest absolute Gasteiger partial charge is 0.324 e. The molecule has 0 radical (unpaired) electrons. The molecule has 0 spiro atoms. The molecule has 3 amide bonds. The maximum Gasteiger partial charge on any atom is 0.324 e. The molecular formula is C29H38Cl2N4O3. The summed E-state index contributed by atoms with van der Waals surface area (Å²) in [4.78, 5) is 25.1. The van der Waals surface area contributed by atoms with Gasteiger partial charge in [0.05, 0.1) is 18.6 Å². The van der Waals surface area contributed by atoms with Gasteiger partial charge in [-0.15, -0.1) is 0 Å². The van der Waals surface area contributed by atoms with Crippen LogP contribution in [0.3, 0.4) is 0 Å². The van der Waals surface area contributed by atoms with E-state index in [9.17, 15) is 9.59 Å². The second-order valence-electron chi connectivity index (χ2n) is 9.58. The average Bonchev–Trinajstić information content (AvgIpc) is 3.24. The van der Waals surface area contributed by atoms with Crippen LogP contribution < -0.4 is 20.4 Å². The molecule has 2 aromatic rings. The van der Waals surface area contributed by atoms with Crippen LogP contribution in [0.25, 0.3) is 0 Å². The Labute approximate surface area is 235 Å². The molecule has 0 aliphatic carbocycles. The highest BCUT2D eigenvalue weighted by atomic mass is 35.5. The minimum Gasteiger partial charge on any atom is -0.494 e. The predicted molar refractivity (Wildman–Crippen MR) is 157 cm³/mol. The van der Waals surface area contributed by atoms with E-state index in [1.165, 1.54) is 82.9 Å². The van der Waals surface area contributed by atoms with Crippen LogP contribution >= 0.6 is 23.2 Å². The molecule has 0 fully saturated rings. The number of amides is 3. The molecule has 0 unspecified atom stereocenters. The number of nitrogens with one attached hydrogen (secondary N) is 2. The van der Waals surface area contributed by atoms with Crippen LogP contribution in [0, 0.1) is 0 Å². The number of unbranched alkanes of at least 4 members (excludes halogenated alkanes) is 9. The monoisotopic (exact) mass is 560 g/mol. The number of amidine groups is 1. The summed E-state index contributed by atoms with van der Waals surface area (Å²) in [6, 6.07) is 10.4. The Morgan fingerprint density at radius 1 is 0.947 bits per heavy atom. The molecule has 1 heterocycles. The van der Waals surface area contributed by atoms with Gasteiger partial charge in [-0.3, -0.25) is 10.1 Å². The van der Waals surface area contributed by atoms with Crippen molar-refractivity contribution < 1.29 is 14.3 Å². The molecule has 0 aromatic heterocycles. The van der Waals surface area contributed by atoms with Gasteiger partial charge in [0.2, 0.25) is 0 Å². The van der Waals surface area contributed by atoms with Crippen LogP contribution in [-0.4, -0.2) is 24.9 Å². The summed E-state index contributed by atoms with van der Waals surface area (Å²) in [5.41, 5.74) is 2.20. The highest BCUT2D eigenvalue weighted by molar-refractivity contribution is 6.37. The van der Waals surface area contributed by atoms with Gasteiger partial charge in [-0.1, -0.05) is 100 Å². The Morgan fingerprint density at radius 2 is 1.58 bits per heavy atom. The van der Waals surface area contributed by atoms with Crippen LogP contribution in [0.2, 0.25) is 10.0 Å². The maximum absolute atomic E-state index is 12.6. The molecule has 0 saturated carbocycles. The van der Waals surface area contributed by atoms with Gasteiger partial charge >= 0.3 is 6.03 Å². The van der Waals surface area contributed by atoms with Crippen molar-refractivity contribution in [2.45, 2.75) is 84.0 Å². The molecule has 7 nitrogen and oxygen atoms in total. The van der Waals surface area contributed by atoms with Gasteiger partial charge in [0.25, 0.3) is 5.91 Å². The summed E-state index contributed by atoms with van der Waals surface area (Å²) in [6.45, 7) is 2.25. The second-order valence-corrected chi connectivity index (χ2v) is 10.4. The third kappa shape index (κ3) is 9.21. The Morgan fingerprint density at radius 3 is 2.21 bits per heavy atom. The normalized spacial score (nSPS) is 13.0. The molecule has 0 atom stereocenters. The zero-order valence-electron chi connectivity index (χ0n) is 22.3. The fourth-order valence-electron chi connectivity index (χ4n) is 4.44. The number of halogens is 2. The first-order valence-electron chi connectivity index (χ1n) is 13.5. The molecule has 9 heteroatoms. The summed E-state index contributed by atoms with van der Waals surface area (Å²) in [6.07, 6.45) is 14.2. The fraction of sp³-hybridized carbons (Fsp3) is 0.483. The number of urea groups is 1. The maximum atomic E-state index is 12.6. The first-order valence-corrected chi connectivity index (χ1v) is 14.3. The second kappa shape index (κ2) is 15.6. The van der Waals surface area contributed by atoms with E-state index in [1.54, 1.807) is 6.07 Å². The number of aryl methyl sites for hydroxylation is 1. The highest BCUT2D eigenvalue weighted by Crippen LogP contribution is 2.40. The number of anilines is 2. The Hall–Kier alpha value is -2.77. The summed E-state index contributed by atoms with van der Waals surface area (Å²) < 4.78 is 5.30. The van der Waals surface area contributed by atoms with Crippen molar-refractivity contribution in [1.82, 2.24) is 5.32 Å². The minimum atomic E-state index is -0.477. The van der Waals surface area contributed by atoms with Crippen molar-refractivity contribution in [3.63, 3.8) is 0 Å². The molecule has 2 N–H and O–H groups in total. The summed E-state index contributed by atoms with van der Waals surface area (Å²) in [5.74, 6) is 0.167. The molecule has 38 heavy (non-hydrogen) atoms. The van der Waals surface area contributed by atoms with E-state index in [0.29, 0.717) is 16.5 Å². The molecule has 1 aliphatic heterocycles. The lowest BCUT2D eigenvalue weighted by Crippen LogP contribution is -2.33. The third-order valence-electron chi connectivity index (χ3n) is 6.49. The zero-order valence-corrected chi connectivity index (χ0v) is 23.8. The van der Waals surface area contributed by atoms with Crippen molar-refractivity contribution in [1.29, 1.82) is 0 Å². The molecule has 1 aliphatic rings. The fourth-order valence-corrected chi connectivity index (χ4v) is 5.00. The van der Waals surface area contributed by atoms with Gasteiger partial charge in [-0.2, -0.15) is 10.1 Å². The number of carbonyl (C=O) groups is 2. The Kier molecular flexibility index (Phi) is 12.2. The number of methoxy groups -OCH3 is 1. The van der Waals surface area contributed by atoms with Gasteiger partial charge in [-0.25, -0.2) is 4.79 Å². The van der Waals surface area contributed by atoms with Crippen LogP contribution in [0.5, 0.6) is 5.75 Å². The van der Waals surface area contributed by atoms with Crippen molar-refractivity contribution >= 4 is 52.4 Å². The molecule has 0 bridgehead atoms. The number of nitrogens with zero attached hydrogens (tertiary/aromatic N) is 2. The first kappa shape index (κ1) is 29.8. The minimum absolute atomic E-state index is 0.0761. The number of benzene rings is 2. The summed E-state index contributed by atoms with van der Waals surface area (Å²) in [7, 11) is 1.45. The number of hydrogen-bond donors (Lipinski definition) is 2. The van der Waals surface area contributed by atoms with E-state index < -0.39 is 6.03 Å². The van der Waals surface area contributed by atoms with Crippen LogP contribution in [0.4, 0.5) is 16.2 Å². The van der Waals surface area contributed by atoms with Gasteiger partial charge in [0.1, 0.15) is 17.3 Å². The lowest BCUT2D eigenvalue weighted by molar-refractivity contribution is -0.116. The van der Waals surface area contributed by atoms with Crippen LogP contribution in [0.1, 0.15) is 83.1 Å². The van der Waals surface area contributed by atoms with Crippen LogP contribution in [0.15, 0.2) is 41.5 Å². The molecular weight excluding hydrogens is 523 g/mol. The van der Waals surface area contributed by atoms with Gasteiger partial charge < -0.3 is 10.1 Å². The molecule has 3 rings (SSSR count). The molecule has 0 saturated heterocycles. The van der Waals surface area contributed by atoms with Crippen molar-refractivity contribution in [2.75, 3.05) is 17.4 Å².